The number of hydrogen-bond acceptors (Lipinski definition) is 2. The van der Waals surface area contributed by atoms with E-state index >= 15 is 0 Å². The van der Waals surface area contributed by atoms with E-state index < -0.39 is 0 Å². The second kappa shape index (κ2) is 2.98. The van der Waals surface area contributed by atoms with Crippen LogP contribution >= 0.6 is 11.8 Å². The first-order valence-electron chi connectivity index (χ1n) is 5.37. The molecule has 1 aliphatic heterocycles. The van der Waals surface area contributed by atoms with E-state index in [4.69, 9.17) is 4.98 Å². The molecule has 0 amide bonds. The van der Waals surface area contributed by atoms with Crippen LogP contribution in [0, 0.1) is 10.6 Å². The molecule has 76 valence electrons. The minimum atomic E-state index is 1.06. The van der Waals surface area contributed by atoms with Crippen LogP contribution in [0.2, 0.25) is 0 Å². The van der Waals surface area contributed by atoms with Crippen molar-refractivity contribution in [1.29, 1.82) is 0 Å². The maximum atomic E-state index is 4.78. The van der Waals surface area contributed by atoms with Crippen LogP contribution in [0.4, 0.5) is 0 Å². The summed E-state index contributed by atoms with van der Waals surface area (Å²) in [7, 11) is 0. The molecule has 0 N–H and O–H groups in total. The van der Waals surface area contributed by atoms with Crippen molar-refractivity contribution in [3.05, 3.63) is 56.9 Å². The van der Waals surface area contributed by atoms with E-state index in [-0.39, 0.29) is 0 Å². The van der Waals surface area contributed by atoms with Gasteiger partial charge >= 0.3 is 0 Å². The number of thioether (sulfide) groups is 1. The molecule has 0 saturated heterocycles. The lowest BCUT2D eigenvalue weighted by Crippen LogP contribution is -2.04. The van der Waals surface area contributed by atoms with Crippen molar-refractivity contribution in [1.82, 2.24) is 4.98 Å². The smallest absolute Gasteiger partial charge is 0.104 e. The molecule has 0 atom stereocenters. The van der Waals surface area contributed by atoms with Gasteiger partial charge in [0.2, 0.25) is 0 Å². The van der Waals surface area contributed by atoms with Crippen molar-refractivity contribution < 1.29 is 0 Å². The molecule has 0 fully saturated rings. The lowest BCUT2D eigenvalue weighted by atomic mass is 10.2. The Morgan fingerprint density at radius 1 is 1.12 bits per heavy atom. The number of nitrogens with zero attached hydrogens (tertiary/aromatic N) is 1. The van der Waals surface area contributed by atoms with Gasteiger partial charge < -0.3 is 0 Å². The molecule has 2 heteroatoms. The summed E-state index contributed by atoms with van der Waals surface area (Å²) in [6, 6.07) is 10.7. The van der Waals surface area contributed by atoms with E-state index in [0.29, 0.717) is 0 Å². The molecule has 2 aliphatic rings. The van der Waals surface area contributed by atoms with Gasteiger partial charge in [-0.05, 0) is 17.4 Å². The van der Waals surface area contributed by atoms with Crippen molar-refractivity contribution >= 4 is 23.9 Å². The molecule has 1 aromatic heterocycles. The van der Waals surface area contributed by atoms with Crippen molar-refractivity contribution in [2.24, 2.45) is 0 Å². The molecular formula is C14H9NS. The summed E-state index contributed by atoms with van der Waals surface area (Å²) in [5.74, 6) is 1.06. The van der Waals surface area contributed by atoms with Crippen LogP contribution in [-0.4, -0.2) is 10.7 Å². The van der Waals surface area contributed by atoms with Crippen LogP contribution in [0.3, 0.4) is 0 Å². The summed E-state index contributed by atoms with van der Waals surface area (Å²) in [5.41, 5.74) is 1.26. The van der Waals surface area contributed by atoms with Gasteiger partial charge in [-0.25, -0.2) is 4.98 Å². The van der Waals surface area contributed by atoms with Crippen LogP contribution in [0.15, 0.2) is 35.4 Å². The van der Waals surface area contributed by atoms with E-state index in [1.807, 2.05) is 11.8 Å². The number of fused-ring (bicyclic) bond motifs is 3. The Bertz CT molecular complexity index is 806. The van der Waals surface area contributed by atoms with Crippen LogP contribution < -0.4 is 10.4 Å². The average Bonchev–Trinajstić information content (AvgIpc) is 2.88. The minimum Gasteiger partial charge on any atom is -0.240 e. The van der Waals surface area contributed by atoms with E-state index in [1.54, 1.807) is 0 Å². The molecule has 2 aromatic rings. The Balaban J connectivity index is 2.28. The highest BCUT2D eigenvalue weighted by molar-refractivity contribution is 7.99. The third kappa shape index (κ3) is 1.05. The fraction of sp³-hybridized carbons (Fsp3) is 0.0714. The van der Waals surface area contributed by atoms with Crippen molar-refractivity contribution in [2.75, 3.05) is 5.75 Å². The Hall–Kier alpha value is -1.54. The Labute approximate surface area is 96.8 Å². The lowest BCUT2D eigenvalue weighted by molar-refractivity contribution is 1.06. The van der Waals surface area contributed by atoms with E-state index in [2.05, 4.69) is 42.5 Å². The standard InChI is InChI=1S/C14H9NS/c1-2-4-12-9(3-1)7-11-8-10-5-6-16-14(10)15-13(11)12/h1-5,7-8H,6H2. The van der Waals surface area contributed by atoms with Gasteiger partial charge in [0.25, 0.3) is 0 Å². The number of aromatic nitrogens is 1. The highest BCUT2D eigenvalue weighted by atomic mass is 32.2. The summed E-state index contributed by atoms with van der Waals surface area (Å²) in [5, 5.41) is 6.19. The fourth-order valence-electron chi connectivity index (χ4n) is 2.33. The van der Waals surface area contributed by atoms with Crippen LogP contribution in [0.25, 0.3) is 12.2 Å². The number of rotatable bonds is 0. The molecular weight excluding hydrogens is 214 g/mol. The third-order valence-corrected chi connectivity index (χ3v) is 4.03. The quantitative estimate of drug-likeness (QED) is 0.571. The normalized spacial score (nSPS) is 14.8. The summed E-state index contributed by atoms with van der Waals surface area (Å²) in [6.07, 6.45) is 4.48. The van der Waals surface area contributed by atoms with Gasteiger partial charge in [0.15, 0.2) is 0 Å². The van der Waals surface area contributed by atoms with Crippen LogP contribution in [0.1, 0.15) is 5.56 Å². The van der Waals surface area contributed by atoms with E-state index in [9.17, 15) is 0 Å². The molecule has 1 nitrogen and oxygen atoms in total. The van der Waals surface area contributed by atoms with Gasteiger partial charge in [0.1, 0.15) is 5.03 Å². The first kappa shape index (κ1) is 8.59. The predicted molar refractivity (Wildman–Crippen MR) is 66.4 cm³/mol. The molecule has 0 bridgehead atoms. The van der Waals surface area contributed by atoms with Gasteiger partial charge in [0, 0.05) is 21.8 Å². The maximum Gasteiger partial charge on any atom is 0.104 e. The molecule has 4 rings (SSSR count). The molecule has 0 saturated carbocycles. The Morgan fingerprint density at radius 3 is 3.06 bits per heavy atom. The third-order valence-electron chi connectivity index (χ3n) is 3.09. The second-order valence-electron chi connectivity index (χ2n) is 4.07. The molecule has 1 aromatic carbocycles. The first-order valence-corrected chi connectivity index (χ1v) is 6.35. The zero-order chi connectivity index (χ0) is 10.5. The Kier molecular flexibility index (Phi) is 1.60. The van der Waals surface area contributed by atoms with Gasteiger partial charge in [-0.15, -0.1) is 11.8 Å². The lowest BCUT2D eigenvalue weighted by Gasteiger charge is -1.95. The zero-order valence-corrected chi connectivity index (χ0v) is 9.42. The average molecular weight is 223 g/mol. The van der Waals surface area contributed by atoms with Crippen molar-refractivity contribution in [3.63, 3.8) is 0 Å². The minimum absolute atomic E-state index is 1.06. The van der Waals surface area contributed by atoms with Crippen molar-refractivity contribution in [2.45, 2.75) is 5.03 Å². The molecule has 0 spiro atoms. The van der Waals surface area contributed by atoms with Crippen molar-refractivity contribution in [3.8, 4) is 0 Å². The molecule has 16 heavy (non-hydrogen) atoms. The van der Waals surface area contributed by atoms with Gasteiger partial charge in [-0.1, -0.05) is 30.3 Å². The molecule has 1 aliphatic carbocycles. The summed E-state index contributed by atoms with van der Waals surface area (Å²) in [6.45, 7) is 0. The molecule has 2 heterocycles. The maximum absolute atomic E-state index is 4.78. The number of benzene rings is 1. The van der Waals surface area contributed by atoms with Crippen LogP contribution in [-0.2, 0) is 0 Å². The predicted octanol–water partition coefficient (Wildman–Crippen LogP) is 1.40. The van der Waals surface area contributed by atoms with Gasteiger partial charge in [-0.3, -0.25) is 0 Å². The highest BCUT2D eigenvalue weighted by Gasteiger charge is 2.09. The largest absolute Gasteiger partial charge is 0.240 e. The summed E-state index contributed by atoms with van der Waals surface area (Å²) >= 11 is 1.83. The zero-order valence-electron chi connectivity index (χ0n) is 8.60. The monoisotopic (exact) mass is 223 g/mol. The number of hydrogen-bond donors (Lipinski definition) is 0. The Morgan fingerprint density at radius 2 is 2.06 bits per heavy atom. The summed E-state index contributed by atoms with van der Waals surface area (Å²) in [4.78, 5) is 4.78. The topological polar surface area (TPSA) is 12.9 Å². The van der Waals surface area contributed by atoms with Gasteiger partial charge in [-0.2, -0.15) is 0 Å². The van der Waals surface area contributed by atoms with E-state index in [0.717, 1.165) is 11.1 Å². The van der Waals surface area contributed by atoms with Crippen LogP contribution in [0.5, 0.6) is 0 Å². The SMILES string of the molecule is C1=c2cc3c(nc2SC1)=c1ccccc1=C3. The van der Waals surface area contributed by atoms with E-state index in [1.165, 1.54) is 26.2 Å². The molecule has 0 unspecified atom stereocenters. The first-order chi connectivity index (χ1) is 7.92. The highest BCUT2D eigenvalue weighted by Crippen LogP contribution is 2.18. The second-order valence-corrected chi connectivity index (χ2v) is 5.08. The fourth-order valence-corrected chi connectivity index (χ4v) is 3.22. The number of pyridine rings is 1. The molecule has 0 radical (unpaired) electrons. The van der Waals surface area contributed by atoms with Gasteiger partial charge in [0.05, 0.1) is 5.35 Å². The summed E-state index contributed by atoms with van der Waals surface area (Å²) < 4.78 is 0.